The quantitative estimate of drug-likeness (QED) is 0.760. The molecule has 0 spiro atoms. The number of nitrogens with one attached hydrogen (secondary N) is 1. The van der Waals surface area contributed by atoms with Gasteiger partial charge in [-0.3, -0.25) is 4.79 Å². The van der Waals surface area contributed by atoms with Crippen molar-refractivity contribution in [2.75, 3.05) is 56.2 Å². The zero-order valence-corrected chi connectivity index (χ0v) is 15.1. The van der Waals surface area contributed by atoms with Crippen LogP contribution in [-0.4, -0.2) is 62.3 Å². The number of nitrogens with zero attached hydrogens (tertiary/aromatic N) is 4. The molecule has 0 bridgehead atoms. The van der Waals surface area contributed by atoms with E-state index in [1.807, 2.05) is 6.07 Å². The van der Waals surface area contributed by atoms with Crippen LogP contribution in [0.5, 0.6) is 0 Å². The molecule has 0 saturated carbocycles. The first-order valence-electron chi connectivity index (χ1n) is 8.93. The van der Waals surface area contributed by atoms with Gasteiger partial charge < -0.3 is 19.9 Å². The lowest BCUT2D eigenvalue weighted by Crippen LogP contribution is -2.47. The molecule has 0 aliphatic carbocycles. The second-order valence-corrected chi connectivity index (χ2v) is 6.15. The van der Waals surface area contributed by atoms with Gasteiger partial charge in [0, 0.05) is 58.3 Å². The summed E-state index contributed by atoms with van der Waals surface area (Å²) in [6.07, 6.45) is 2.43. The molecule has 7 nitrogen and oxygen atoms in total. The Labute approximate surface area is 154 Å². The molecule has 1 saturated heterocycles. The van der Waals surface area contributed by atoms with Crippen molar-refractivity contribution in [3.63, 3.8) is 0 Å². The van der Waals surface area contributed by atoms with E-state index in [9.17, 15) is 4.79 Å². The Balaban J connectivity index is 1.56. The van der Waals surface area contributed by atoms with Gasteiger partial charge in [-0.25, -0.2) is 9.97 Å². The van der Waals surface area contributed by atoms with E-state index in [1.54, 1.807) is 19.4 Å². The lowest BCUT2D eigenvalue weighted by molar-refractivity contribution is 0.0943. The molecular formula is C19H25N5O2. The Morgan fingerprint density at radius 2 is 1.85 bits per heavy atom. The van der Waals surface area contributed by atoms with Crippen LogP contribution in [0.15, 0.2) is 42.6 Å². The molecule has 1 aromatic carbocycles. The number of para-hydroxylation sites is 1. The molecule has 1 N–H and O–H groups in total. The summed E-state index contributed by atoms with van der Waals surface area (Å²) in [6, 6.07) is 12.0. The van der Waals surface area contributed by atoms with E-state index < -0.39 is 0 Å². The van der Waals surface area contributed by atoms with Gasteiger partial charge in [-0.05, 0) is 24.6 Å². The van der Waals surface area contributed by atoms with Gasteiger partial charge in [-0.15, -0.1) is 0 Å². The molecule has 1 aliphatic rings. The van der Waals surface area contributed by atoms with E-state index in [4.69, 9.17) is 4.74 Å². The molecule has 1 aliphatic heterocycles. The zero-order valence-electron chi connectivity index (χ0n) is 15.1. The Bertz CT molecular complexity index is 702. The second kappa shape index (κ2) is 9.15. The predicted molar refractivity (Wildman–Crippen MR) is 102 cm³/mol. The number of methoxy groups -OCH3 is 1. The van der Waals surface area contributed by atoms with E-state index in [1.165, 1.54) is 5.69 Å². The van der Waals surface area contributed by atoms with Crippen LogP contribution < -0.4 is 15.1 Å². The van der Waals surface area contributed by atoms with Crippen molar-refractivity contribution in [2.45, 2.75) is 6.42 Å². The van der Waals surface area contributed by atoms with Crippen molar-refractivity contribution < 1.29 is 9.53 Å². The predicted octanol–water partition coefficient (Wildman–Crippen LogP) is 1.57. The minimum Gasteiger partial charge on any atom is -0.385 e. The fraction of sp³-hybridized carbons (Fsp3) is 0.421. The SMILES string of the molecule is COCCCNC(=O)c1ccnc(N2CCN(c3ccccc3)CC2)n1. The number of carbonyl (C=O) groups is 1. The molecule has 26 heavy (non-hydrogen) atoms. The maximum Gasteiger partial charge on any atom is 0.270 e. The third-order valence-electron chi connectivity index (χ3n) is 4.37. The summed E-state index contributed by atoms with van der Waals surface area (Å²) in [7, 11) is 1.65. The van der Waals surface area contributed by atoms with Crippen LogP contribution >= 0.6 is 0 Å². The van der Waals surface area contributed by atoms with Crippen LogP contribution in [0.3, 0.4) is 0 Å². The zero-order chi connectivity index (χ0) is 18.2. The number of ether oxygens (including phenoxy) is 1. The van der Waals surface area contributed by atoms with E-state index in [0.29, 0.717) is 24.8 Å². The number of aromatic nitrogens is 2. The number of benzene rings is 1. The topological polar surface area (TPSA) is 70.6 Å². The molecule has 7 heteroatoms. The minimum absolute atomic E-state index is 0.173. The van der Waals surface area contributed by atoms with Crippen molar-refractivity contribution >= 4 is 17.5 Å². The monoisotopic (exact) mass is 355 g/mol. The largest absolute Gasteiger partial charge is 0.385 e. The van der Waals surface area contributed by atoms with Crippen LogP contribution in [0.1, 0.15) is 16.9 Å². The van der Waals surface area contributed by atoms with Crippen LogP contribution in [0.25, 0.3) is 0 Å². The molecule has 2 aromatic rings. The van der Waals surface area contributed by atoms with Crippen LogP contribution in [0.2, 0.25) is 0 Å². The summed E-state index contributed by atoms with van der Waals surface area (Å²) in [6.45, 7) is 4.66. The molecule has 2 heterocycles. The fourth-order valence-corrected chi connectivity index (χ4v) is 2.94. The van der Waals surface area contributed by atoms with Crippen LogP contribution in [0, 0.1) is 0 Å². The highest BCUT2D eigenvalue weighted by molar-refractivity contribution is 5.92. The molecular weight excluding hydrogens is 330 g/mol. The number of rotatable bonds is 7. The van der Waals surface area contributed by atoms with Gasteiger partial charge >= 0.3 is 0 Å². The van der Waals surface area contributed by atoms with E-state index in [-0.39, 0.29) is 5.91 Å². The molecule has 1 amide bonds. The van der Waals surface area contributed by atoms with E-state index >= 15 is 0 Å². The first-order valence-corrected chi connectivity index (χ1v) is 8.93. The van der Waals surface area contributed by atoms with E-state index in [0.717, 1.165) is 32.6 Å². The van der Waals surface area contributed by atoms with Gasteiger partial charge in [0.2, 0.25) is 5.95 Å². The molecule has 138 valence electrons. The van der Waals surface area contributed by atoms with Gasteiger partial charge in [-0.2, -0.15) is 0 Å². The number of piperazine rings is 1. The summed E-state index contributed by atoms with van der Waals surface area (Å²) in [5.41, 5.74) is 1.63. The number of carbonyl (C=O) groups excluding carboxylic acids is 1. The third-order valence-corrected chi connectivity index (χ3v) is 4.37. The van der Waals surface area contributed by atoms with Crippen LogP contribution in [0.4, 0.5) is 11.6 Å². The average Bonchev–Trinajstić information content (AvgIpc) is 2.72. The summed E-state index contributed by atoms with van der Waals surface area (Å²) in [4.78, 5) is 25.5. The summed E-state index contributed by atoms with van der Waals surface area (Å²) < 4.78 is 4.98. The average molecular weight is 355 g/mol. The lowest BCUT2D eigenvalue weighted by Gasteiger charge is -2.36. The standard InChI is InChI=1S/C19H25N5O2/c1-26-15-5-9-20-18(25)17-8-10-21-19(22-17)24-13-11-23(12-14-24)16-6-3-2-4-7-16/h2-4,6-8,10H,5,9,11-15H2,1H3,(H,20,25). The van der Waals surface area contributed by atoms with Crippen molar-refractivity contribution in [1.29, 1.82) is 0 Å². The lowest BCUT2D eigenvalue weighted by atomic mass is 10.2. The van der Waals surface area contributed by atoms with Crippen LogP contribution in [-0.2, 0) is 4.74 Å². The summed E-state index contributed by atoms with van der Waals surface area (Å²) in [5, 5.41) is 2.86. The highest BCUT2D eigenvalue weighted by Crippen LogP contribution is 2.17. The van der Waals surface area contributed by atoms with E-state index in [2.05, 4.69) is 49.4 Å². The van der Waals surface area contributed by atoms with Crippen molar-refractivity contribution in [1.82, 2.24) is 15.3 Å². The van der Waals surface area contributed by atoms with Crippen molar-refractivity contribution in [3.05, 3.63) is 48.3 Å². The first kappa shape index (κ1) is 18.1. The smallest absolute Gasteiger partial charge is 0.270 e. The summed E-state index contributed by atoms with van der Waals surface area (Å²) in [5.74, 6) is 0.440. The molecule has 0 radical (unpaired) electrons. The van der Waals surface area contributed by atoms with Crippen molar-refractivity contribution in [2.24, 2.45) is 0 Å². The maximum atomic E-state index is 12.2. The Morgan fingerprint density at radius 3 is 2.58 bits per heavy atom. The van der Waals surface area contributed by atoms with Gasteiger partial charge in [0.25, 0.3) is 5.91 Å². The molecule has 0 atom stereocenters. The molecule has 0 unspecified atom stereocenters. The third kappa shape index (κ3) is 4.70. The number of amides is 1. The van der Waals surface area contributed by atoms with Gasteiger partial charge in [0.15, 0.2) is 0 Å². The maximum absolute atomic E-state index is 12.2. The molecule has 1 fully saturated rings. The molecule has 3 rings (SSSR count). The highest BCUT2D eigenvalue weighted by atomic mass is 16.5. The second-order valence-electron chi connectivity index (χ2n) is 6.15. The Kier molecular flexibility index (Phi) is 6.38. The fourth-order valence-electron chi connectivity index (χ4n) is 2.94. The van der Waals surface area contributed by atoms with Crippen molar-refractivity contribution in [3.8, 4) is 0 Å². The Morgan fingerprint density at radius 1 is 1.12 bits per heavy atom. The normalized spacial score (nSPS) is 14.3. The van der Waals surface area contributed by atoms with Gasteiger partial charge in [0.1, 0.15) is 5.69 Å². The van der Waals surface area contributed by atoms with Gasteiger partial charge in [-0.1, -0.05) is 18.2 Å². The van der Waals surface area contributed by atoms with Gasteiger partial charge in [0.05, 0.1) is 0 Å². The number of anilines is 2. The Hall–Kier alpha value is -2.67. The highest BCUT2D eigenvalue weighted by Gasteiger charge is 2.20. The minimum atomic E-state index is -0.173. The number of hydrogen-bond donors (Lipinski definition) is 1. The molecule has 1 aromatic heterocycles. The summed E-state index contributed by atoms with van der Waals surface area (Å²) >= 11 is 0. The first-order chi connectivity index (χ1) is 12.8. The number of hydrogen-bond acceptors (Lipinski definition) is 6.